The molecule has 3 aromatic rings. The van der Waals surface area contributed by atoms with Crippen LogP contribution in [0, 0.1) is 6.92 Å². The molecule has 37 heavy (non-hydrogen) atoms. The van der Waals surface area contributed by atoms with Gasteiger partial charge >= 0.3 is 0 Å². The predicted molar refractivity (Wildman–Crippen MR) is 148 cm³/mol. The average Bonchev–Trinajstić information content (AvgIpc) is 2.86. The number of sulfonamides is 1. The number of halogens is 2. The summed E-state index contributed by atoms with van der Waals surface area (Å²) in [4.78, 5) is 28.3. The maximum atomic E-state index is 13.9. The SMILES string of the molecule is CNC(=O)[C@H](Cc1ccccc1)N(Cc1c(Cl)cccc1Cl)C(=O)CN(c1ccc(C)cc1)S(C)(=O)=O. The third-order valence-corrected chi connectivity index (χ3v) is 7.76. The van der Waals surface area contributed by atoms with Gasteiger partial charge in [-0.05, 0) is 36.8 Å². The fraction of sp³-hybridized carbons (Fsp3) is 0.259. The van der Waals surface area contributed by atoms with Gasteiger partial charge in [0.1, 0.15) is 12.6 Å². The van der Waals surface area contributed by atoms with Crippen LogP contribution in [0.3, 0.4) is 0 Å². The highest BCUT2D eigenvalue weighted by molar-refractivity contribution is 7.92. The molecule has 0 heterocycles. The Labute approximate surface area is 228 Å². The summed E-state index contributed by atoms with van der Waals surface area (Å²) in [5.41, 5.74) is 2.58. The van der Waals surface area contributed by atoms with Crippen LogP contribution < -0.4 is 9.62 Å². The zero-order chi connectivity index (χ0) is 27.2. The van der Waals surface area contributed by atoms with E-state index < -0.39 is 34.4 Å². The van der Waals surface area contributed by atoms with Crippen LogP contribution in [0.25, 0.3) is 0 Å². The van der Waals surface area contributed by atoms with E-state index in [2.05, 4.69) is 5.32 Å². The molecular formula is C27H29Cl2N3O4S. The Morgan fingerprint density at radius 2 is 1.51 bits per heavy atom. The van der Waals surface area contributed by atoms with Gasteiger partial charge in [0, 0.05) is 35.6 Å². The van der Waals surface area contributed by atoms with Crippen LogP contribution in [-0.2, 0) is 32.6 Å². The summed E-state index contributed by atoms with van der Waals surface area (Å²) in [6.45, 7) is 1.28. The third-order valence-electron chi connectivity index (χ3n) is 5.91. The van der Waals surface area contributed by atoms with Crippen LogP contribution in [0.2, 0.25) is 10.0 Å². The maximum Gasteiger partial charge on any atom is 0.244 e. The standard InChI is InChI=1S/C27H29Cl2N3O4S/c1-19-12-14-21(15-13-19)32(37(3,35)36)18-26(33)31(17-22-23(28)10-7-11-24(22)29)25(27(34)30-2)16-20-8-5-4-6-9-20/h4-15,25H,16-18H2,1-3H3,(H,30,34)/t25-/m0/s1. The number of carbonyl (C=O) groups excluding carboxylic acids is 2. The number of anilines is 1. The number of hydrogen-bond acceptors (Lipinski definition) is 4. The van der Waals surface area contributed by atoms with Crippen molar-refractivity contribution in [3.8, 4) is 0 Å². The van der Waals surface area contributed by atoms with Crippen LogP contribution in [0.5, 0.6) is 0 Å². The largest absolute Gasteiger partial charge is 0.357 e. The molecule has 0 unspecified atom stereocenters. The Balaban J connectivity index is 2.06. The van der Waals surface area contributed by atoms with Gasteiger partial charge in [0.05, 0.1) is 11.9 Å². The van der Waals surface area contributed by atoms with Gasteiger partial charge in [-0.3, -0.25) is 13.9 Å². The van der Waals surface area contributed by atoms with Crippen molar-refractivity contribution in [1.29, 1.82) is 0 Å². The predicted octanol–water partition coefficient (Wildman–Crippen LogP) is 4.45. The molecule has 0 spiro atoms. The number of carbonyl (C=O) groups is 2. The highest BCUT2D eigenvalue weighted by Crippen LogP contribution is 2.28. The van der Waals surface area contributed by atoms with E-state index in [1.165, 1.54) is 11.9 Å². The van der Waals surface area contributed by atoms with Gasteiger partial charge in [0.2, 0.25) is 21.8 Å². The minimum absolute atomic E-state index is 0.0895. The van der Waals surface area contributed by atoms with Gasteiger partial charge in [0.25, 0.3) is 0 Å². The summed E-state index contributed by atoms with van der Waals surface area (Å²) in [6, 6.07) is 20.1. The molecule has 0 radical (unpaired) electrons. The second-order valence-electron chi connectivity index (χ2n) is 8.65. The number of hydrogen-bond donors (Lipinski definition) is 1. The van der Waals surface area contributed by atoms with Crippen LogP contribution >= 0.6 is 23.2 Å². The normalized spacial score (nSPS) is 12.0. The van der Waals surface area contributed by atoms with E-state index in [1.807, 2.05) is 37.3 Å². The first-order valence-electron chi connectivity index (χ1n) is 11.5. The summed E-state index contributed by atoms with van der Waals surface area (Å²) in [5.74, 6) is -0.979. The van der Waals surface area contributed by atoms with E-state index in [-0.39, 0.29) is 13.0 Å². The van der Waals surface area contributed by atoms with Gasteiger partial charge in [-0.25, -0.2) is 8.42 Å². The molecule has 196 valence electrons. The van der Waals surface area contributed by atoms with E-state index in [9.17, 15) is 18.0 Å². The van der Waals surface area contributed by atoms with Crippen molar-refractivity contribution in [3.05, 3.63) is 99.5 Å². The third kappa shape index (κ3) is 7.47. The van der Waals surface area contributed by atoms with Crippen LogP contribution in [0.4, 0.5) is 5.69 Å². The first-order chi connectivity index (χ1) is 17.5. The minimum Gasteiger partial charge on any atom is -0.357 e. The molecule has 0 bridgehead atoms. The number of likely N-dealkylation sites (N-methyl/N-ethyl adjacent to an activating group) is 1. The molecule has 0 saturated carbocycles. The second kappa shape index (κ2) is 12.4. The van der Waals surface area contributed by atoms with E-state index in [1.54, 1.807) is 42.5 Å². The number of benzene rings is 3. The average molecular weight is 563 g/mol. The van der Waals surface area contributed by atoms with Crippen molar-refractivity contribution in [3.63, 3.8) is 0 Å². The van der Waals surface area contributed by atoms with Crippen molar-refractivity contribution in [2.75, 3.05) is 24.2 Å². The Bertz CT molecular complexity index is 1330. The lowest BCUT2D eigenvalue weighted by Gasteiger charge is -2.33. The molecule has 0 fully saturated rings. The number of nitrogens with one attached hydrogen (secondary N) is 1. The zero-order valence-corrected chi connectivity index (χ0v) is 23.1. The molecule has 0 aromatic heterocycles. The first kappa shape index (κ1) is 28.5. The van der Waals surface area contributed by atoms with Crippen molar-refractivity contribution in [2.45, 2.75) is 25.9 Å². The smallest absolute Gasteiger partial charge is 0.244 e. The van der Waals surface area contributed by atoms with Gasteiger partial charge in [-0.15, -0.1) is 0 Å². The number of nitrogens with zero attached hydrogens (tertiary/aromatic N) is 2. The maximum absolute atomic E-state index is 13.9. The summed E-state index contributed by atoms with van der Waals surface area (Å²) in [5, 5.41) is 3.29. The molecule has 1 N–H and O–H groups in total. The Hall–Kier alpha value is -3.07. The Morgan fingerprint density at radius 3 is 2.05 bits per heavy atom. The lowest BCUT2D eigenvalue weighted by molar-refractivity contribution is -0.139. The van der Waals surface area contributed by atoms with Gasteiger partial charge in [-0.2, -0.15) is 0 Å². The monoisotopic (exact) mass is 561 g/mol. The number of aryl methyl sites for hydroxylation is 1. The molecule has 0 aliphatic heterocycles. The van der Waals surface area contributed by atoms with Crippen molar-refractivity contribution in [2.24, 2.45) is 0 Å². The van der Waals surface area contributed by atoms with Crippen LogP contribution in [0.1, 0.15) is 16.7 Å². The molecular weight excluding hydrogens is 533 g/mol. The molecule has 0 aliphatic carbocycles. The molecule has 3 aromatic carbocycles. The van der Waals surface area contributed by atoms with E-state index in [0.29, 0.717) is 21.3 Å². The van der Waals surface area contributed by atoms with Gasteiger partial charge < -0.3 is 10.2 Å². The number of amides is 2. The number of rotatable bonds is 10. The summed E-state index contributed by atoms with van der Waals surface area (Å²) in [6.07, 6.45) is 1.24. The van der Waals surface area contributed by atoms with E-state index in [4.69, 9.17) is 23.2 Å². The van der Waals surface area contributed by atoms with Gasteiger partial charge in [-0.1, -0.05) is 77.3 Å². The highest BCUT2D eigenvalue weighted by Gasteiger charge is 2.33. The van der Waals surface area contributed by atoms with Crippen molar-refractivity contribution in [1.82, 2.24) is 10.2 Å². The molecule has 10 heteroatoms. The molecule has 2 amide bonds. The molecule has 3 rings (SSSR count). The lowest BCUT2D eigenvalue weighted by atomic mass is 10.0. The topological polar surface area (TPSA) is 86.8 Å². The molecule has 0 aliphatic rings. The van der Waals surface area contributed by atoms with Crippen molar-refractivity contribution >= 4 is 50.7 Å². The van der Waals surface area contributed by atoms with Crippen molar-refractivity contribution < 1.29 is 18.0 Å². The second-order valence-corrected chi connectivity index (χ2v) is 11.4. The molecule has 7 nitrogen and oxygen atoms in total. The molecule has 0 saturated heterocycles. The fourth-order valence-electron chi connectivity index (χ4n) is 3.90. The van der Waals surface area contributed by atoms with E-state index >= 15 is 0 Å². The summed E-state index contributed by atoms with van der Waals surface area (Å²) >= 11 is 12.8. The zero-order valence-electron chi connectivity index (χ0n) is 20.8. The van der Waals surface area contributed by atoms with Gasteiger partial charge in [0.15, 0.2) is 0 Å². The molecule has 1 atom stereocenters. The van der Waals surface area contributed by atoms with E-state index in [0.717, 1.165) is 21.7 Å². The fourth-order valence-corrected chi connectivity index (χ4v) is 5.27. The van der Waals surface area contributed by atoms with Crippen LogP contribution in [0.15, 0.2) is 72.8 Å². The Kier molecular flexibility index (Phi) is 9.59. The first-order valence-corrected chi connectivity index (χ1v) is 14.1. The lowest BCUT2D eigenvalue weighted by Crippen LogP contribution is -2.53. The summed E-state index contributed by atoms with van der Waals surface area (Å²) in [7, 11) is -2.34. The summed E-state index contributed by atoms with van der Waals surface area (Å²) < 4.78 is 26.5. The Morgan fingerprint density at radius 1 is 0.919 bits per heavy atom. The quantitative estimate of drug-likeness (QED) is 0.396. The van der Waals surface area contributed by atoms with Crippen LogP contribution in [-0.4, -0.2) is 51.0 Å². The highest BCUT2D eigenvalue weighted by atomic mass is 35.5. The minimum atomic E-state index is -3.83.